The van der Waals surface area contributed by atoms with E-state index in [1.54, 1.807) is 20.8 Å². The third-order valence-electron chi connectivity index (χ3n) is 8.16. The number of ketones is 1. The molecule has 1 aromatic heterocycles. The van der Waals surface area contributed by atoms with Gasteiger partial charge in [-0.1, -0.05) is 32.1 Å². The summed E-state index contributed by atoms with van der Waals surface area (Å²) in [6, 6.07) is -0.694. The van der Waals surface area contributed by atoms with E-state index in [1.807, 2.05) is 0 Å². The van der Waals surface area contributed by atoms with Crippen LogP contribution in [0.4, 0.5) is 15.3 Å². The number of hydrogen-bond acceptors (Lipinski definition) is 8. The zero-order valence-corrected chi connectivity index (χ0v) is 26.1. The van der Waals surface area contributed by atoms with Gasteiger partial charge in [-0.2, -0.15) is 0 Å². The Morgan fingerprint density at radius 1 is 0.956 bits per heavy atom. The van der Waals surface area contributed by atoms with Gasteiger partial charge in [0.1, 0.15) is 17.3 Å². The van der Waals surface area contributed by atoms with Gasteiger partial charge in [0.2, 0.25) is 17.6 Å². The van der Waals surface area contributed by atoms with E-state index in [4.69, 9.17) is 4.74 Å². The Bertz CT molecular complexity index is 1360. The summed E-state index contributed by atoms with van der Waals surface area (Å²) in [5.41, 5.74) is -1.85. The summed E-state index contributed by atoms with van der Waals surface area (Å²) in [6.07, 6.45) is 7.25. The van der Waals surface area contributed by atoms with E-state index in [9.17, 15) is 33.6 Å². The first-order valence-corrected chi connectivity index (χ1v) is 15.8. The van der Waals surface area contributed by atoms with E-state index in [-0.39, 0.29) is 36.4 Å². The van der Waals surface area contributed by atoms with Crippen LogP contribution >= 0.6 is 0 Å². The molecular formula is C31H44N6O8. The van der Waals surface area contributed by atoms with Gasteiger partial charge in [0.25, 0.3) is 11.5 Å². The second-order valence-electron chi connectivity index (χ2n) is 13.2. The summed E-state index contributed by atoms with van der Waals surface area (Å²) in [5, 5.41) is 13.0. The molecular weight excluding hydrogens is 584 g/mol. The lowest BCUT2D eigenvalue weighted by atomic mass is 9.84. The lowest BCUT2D eigenvalue weighted by Gasteiger charge is -2.28. The van der Waals surface area contributed by atoms with E-state index in [0.29, 0.717) is 13.0 Å². The predicted octanol–water partition coefficient (Wildman–Crippen LogP) is 1.95. The Morgan fingerprint density at radius 3 is 2.29 bits per heavy atom. The van der Waals surface area contributed by atoms with E-state index in [2.05, 4.69) is 26.6 Å². The number of carbonyl (C=O) groups excluding carboxylic acids is 6. The highest BCUT2D eigenvalue weighted by atomic mass is 16.6. The van der Waals surface area contributed by atoms with E-state index < -0.39 is 58.9 Å². The van der Waals surface area contributed by atoms with Crippen molar-refractivity contribution in [2.75, 3.05) is 11.9 Å². The Morgan fingerprint density at radius 2 is 1.67 bits per heavy atom. The van der Waals surface area contributed by atoms with Crippen molar-refractivity contribution in [1.29, 1.82) is 0 Å². The van der Waals surface area contributed by atoms with Gasteiger partial charge in [-0.05, 0) is 70.9 Å². The largest absolute Gasteiger partial charge is 0.444 e. The minimum Gasteiger partial charge on any atom is -0.444 e. The van der Waals surface area contributed by atoms with Crippen LogP contribution in [0, 0.1) is 11.8 Å². The molecule has 45 heavy (non-hydrogen) atoms. The van der Waals surface area contributed by atoms with Crippen LogP contribution in [-0.2, 0) is 23.9 Å². The molecule has 0 unspecified atom stereocenters. The summed E-state index contributed by atoms with van der Waals surface area (Å²) in [4.78, 5) is 90.8. The van der Waals surface area contributed by atoms with Crippen molar-refractivity contribution >= 4 is 41.3 Å². The third kappa shape index (κ3) is 9.88. The van der Waals surface area contributed by atoms with Gasteiger partial charge < -0.3 is 26.0 Å². The van der Waals surface area contributed by atoms with Crippen LogP contribution in [0.1, 0.15) is 85.0 Å². The zero-order valence-electron chi connectivity index (χ0n) is 26.1. The van der Waals surface area contributed by atoms with E-state index >= 15 is 0 Å². The van der Waals surface area contributed by atoms with Gasteiger partial charge in [0.05, 0.1) is 6.04 Å². The average molecular weight is 629 g/mol. The van der Waals surface area contributed by atoms with Crippen molar-refractivity contribution in [3.63, 3.8) is 0 Å². The zero-order chi connectivity index (χ0) is 32.7. The maximum absolute atomic E-state index is 13.8. The summed E-state index contributed by atoms with van der Waals surface area (Å²) in [7, 11) is 0. The highest BCUT2D eigenvalue weighted by Gasteiger charge is 2.37. The molecule has 3 atom stereocenters. The minimum absolute atomic E-state index is 0.0591. The second kappa shape index (κ2) is 14.7. The topological polar surface area (TPSA) is 194 Å². The van der Waals surface area contributed by atoms with Crippen molar-refractivity contribution < 1.29 is 33.5 Å². The van der Waals surface area contributed by atoms with Crippen molar-refractivity contribution in [2.24, 2.45) is 11.8 Å². The van der Waals surface area contributed by atoms with Crippen LogP contribution in [0.5, 0.6) is 0 Å². The number of anilines is 1. The van der Waals surface area contributed by atoms with Crippen LogP contribution in [0.2, 0.25) is 0 Å². The van der Waals surface area contributed by atoms with Gasteiger partial charge in [-0.3, -0.25) is 29.3 Å². The summed E-state index contributed by atoms with van der Waals surface area (Å²) < 4.78 is 5.94. The quantitative estimate of drug-likeness (QED) is 0.229. The molecule has 5 amide bonds. The molecule has 0 spiro atoms. The second-order valence-corrected chi connectivity index (χ2v) is 13.2. The van der Waals surface area contributed by atoms with Crippen molar-refractivity contribution in [3.8, 4) is 0 Å². The minimum atomic E-state index is -1.28. The van der Waals surface area contributed by atoms with Gasteiger partial charge in [0.15, 0.2) is 0 Å². The molecule has 246 valence electrons. The number of hydrogen-bond donors (Lipinski definition) is 5. The Balaban J connectivity index is 1.53. The van der Waals surface area contributed by atoms with Crippen LogP contribution in [0.25, 0.3) is 0 Å². The standard InChI is InChI=1S/C31H44N6O8/c1-31(2,3)45-30(44)36-21-10-7-15-37(28(21)42)29(43)35-23(16-18-8-5-4-6-9-18)26(40)34-22(17-19-13-14-32-25(19)39)24(38)27(41)33-20-11-12-20/h7,10,15,18-20,22-23H,4-6,8-9,11-14,16-17H2,1-3H3,(H,32,39)(H,33,41)(H,34,40)(H,35,43)(H,36,44)/t19-,22-,23-/m0/s1. The number of pyridine rings is 1. The number of nitrogens with one attached hydrogen (secondary N) is 5. The fourth-order valence-electron chi connectivity index (χ4n) is 5.67. The van der Waals surface area contributed by atoms with Crippen LogP contribution in [-0.4, -0.2) is 70.5 Å². The molecule has 14 heteroatoms. The number of aromatic nitrogens is 1. The molecule has 0 aromatic carbocycles. The molecule has 0 radical (unpaired) electrons. The molecule has 4 rings (SSSR count). The summed E-state index contributed by atoms with van der Waals surface area (Å²) >= 11 is 0. The van der Waals surface area contributed by atoms with Crippen LogP contribution in [0.3, 0.4) is 0 Å². The molecule has 3 fully saturated rings. The average Bonchev–Trinajstić information content (AvgIpc) is 3.70. The highest BCUT2D eigenvalue weighted by Crippen LogP contribution is 2.28. The van der Waals surface area contributed by atoms with Gasteiger partial charge in [-0.15, -0.1) is 0 Å². The first-order valence-electron chi connectivity index (χ1n) is 15.8. The number of carbonyl (C=O) groups is 6. The summed E-state index contributed by atoms with van der Waals surface area (Å²) in [5.74, 6) is -3.07. The Kier molecular flexibility index (Phi) is 11.0. The van der Waals surface area contributed by atoms with Gasteiger partial charge in [-0.25, -0.2) is 14.2 Å². The van der Waals surface area contributed by atoms with Crippen molar-refractivity contribution in [2.45, 2.75) is 109 Å². The van der Waals surface area contributed by atoms with Crippen LogP contribution < -0.4 is 32.1 Å². The molecule has 2 aliphatic carbocycles. The Labute approximate surface area is 261 Å². The van der Waals surface area contributed by atoms with Crippen molar-refractivity contribution in [1.82, 2.24) is 25.8 Å². The number of ether oxygens (including phenoxy) is 1. The molecule has 14 nitrogen and oxygen atoms in total. The maximum Gasteiger partial charge on any atom is 0.412 e. The van der Waals surface area contributed by atoms with Crippen molar-refractivity contribution in [3.05, 3.63) is 28.7 Å². The molecule has 2 heterocycles. The summed E-state index contributed by atoms with van der Waals surface area (Å²) in [6.45, 7) is 5.44. The smallest absolute Gasteiger partial charge is 0.412 e. The number of nitrogens with zero attached hydrogens (tertiary/aromatic N) is 1. The normalized spacial score (nSPS) is 19.9. The molecule has 5 N–H and O–H groups in total. The molecule has 0 bridgehead atoms. The first kappa shape index (κ1) is 33.7. The third-order valence-corrected chi connectivity index (χ3v) is 8.16. The first-order chi connectivity index (χ1) is 21.3. The molecule has 2 saturated carbocycles. The molecule has 1 aliphatic heterocycles. The number of rotatable bonds is 11. The SMILES string of the molecule is CC(C)(C)OC(=O)Nc1cccn(C(=O)N[C@@H](CC2CCCCC2)C(=O)N[C@@H](C[C@@H]2CCNC2=O)C(=O)C(=O)NC2CC2)c1=O. The molecule has 1 aromatic rings. The Hall–Kier alpha value is -4.23. The van der Waals surface area contributed by atoms with E-state index in [1.165, 1.54) is 18.3 Å². The fourth-order valence-corrected chi connectivity index (χ4v) is 5.67. The maximum atomic E-state index is 13.8. The molecule has 1 saturated heterocycles. The number of amides is 5. The van der Waals surface area contributed by atoms with Gasteiger partial charge >= 0.3 is 12.1 Å². The monoisotopic (exact) mass is 628 g/mol. The molecule has 3 aliphatic rings. The number of Topliss-reactive ketones (excluding diaryl/α,β-unsaturated/α-hetero) is 1. The highest BCUT2D eigenvalue weighted by molar-refractivity contribution is 6.38. The van der Waals surface area contributed by atoms with Gasteiger partial charge in [0, 0.05) is 24.7 Å². The lowest BCUT2D eigenvalue weighted by Crippen LogP contribution is -2.56. The van der Waals surface area contributed by atoms with Crippen LogP contribution in [0.15, 0.2) is 23.1 Å². The van der Waals surface area contributed by atoms with E-state index in [0.717, 1.165) is 49.5 Å². The predicted molar refractivity (Wildman–Crippen MR) is 163 cm³/mol. The fraction of sp³-hybridized carbons (Fsp3) is 0.645. The lowest BCUT2D eigenvalue weighted by molar-refractivity contribution is -0.141.